The third kappa shape index (κ3) is 4.63. The van der Waals surface area contributed by atoms with E-state index in [0.29, 0.717) is 18.3 Å². The maximum absolute atomic E-state index is 12.1. The highest BCUT2D eigenvalue weighted by molar-refractivity contribution is 8.06. The standard InChI is InChI=1S/C12H19N3O2S3/c1-13-6-10-2-3-12(14-7-10)20(16,17)15-8-11-9-18-4-5-19-11/h2-3,7,11,13,15H,4-6,8-9H2,1H3. The van der Waals surface area contributed by atoms with E-state index < -0.39 is 10.0 Å². The molecule has 1 aliphatic rings. The van der Waals surface area contributed by atoms with Crippen LogP contribution in [0.2, 0.25) is 0 Å². The zero-order valence-electron chi connectivity index (χ0n) is 11.3. The summed E-state index contributed by atoms with van der Waals surface area (Å²) in [6, 6.07) is 3.33. The summed E-state index contributed by atoms with van der Waals surface area (Å²) in [7, 11) is -1.66. The lowest BCUT2D eigenvalue weighted by Crippen LogP contribution is -2.33. The summed E-state index contributed by atoms with van der Waals surface area (Å²) in [5.74, 6) is 3.25. The molecule has 0 aliphatic carbocycles. The van der Waals surface area contributed by atoms with Crippen molar-refractivity contribution in [3.8, 4) is 0 Å². The van der Waals surface area contributed by atoms with Gasteiger partial charge in [-0.3, -0.25) is 0 Å². The summed E-state index contributed by atoms with van der Waals surface area (Å²) in [5, 5.41) is 3.44. The molecule has 1 fully saturated rings. The molecule has 0 saturated carbocycles. The first-order valence-electron chi connectivity index (χ1n) is 6.40. The maximum Gasteiger partial charge on any atom is 0.258 e. The molecule has 1 aliphatic heterocycles. The molecule has 20 heavy (non-hydrogen) atoms. The lowest BCUT2D eigenvalue weighted by molar-refractivity contribution is 0.577. The summed E-state index contributed by atoms with van der Waals surface area (Å²) in [6.07, 6.45) is 1.59. The van der Waals surface area contributed by atoms with Crippen molar-refractivity contribution in [3.63, 3.8) is 0 Å². The topological polar surface area (TPSA) is 71.1 Å². The minimum atomic E-state index is -3.50. The molecule has 8 heteroatoms. The number of rotatable bonds is 6. The fourth-order valence-corrected chi connectivity index (χ4v) is 5.53. The SMILES string of the molecule is CNCc1ccc(S(=O)(=O)NCC2CSCCS2)nc1. The average Bonchev–Trinajstić information content (AvgIpc) is 2.47. The van der Waals surface area contributed by atoms with Crippen LogP contribution in [0.1, 0.15) is 5.56 Å². The highest BCUT2D eigenvalue weighted by Crippen LogP contribution is 2.23. The molecular weight excluding hydrogens is 314 g/mol. The Morgan fingerprint density at radius 1 is 1.40 bits per heavy atom. The van der Waals surface area contributed by atoms with Crippen LogP contribution in [0.4, 0.5) is 0 Å². The van der Waals surface area contributed by atoms with Crippen molar-refractivity contribution < 1.29 is 8.42 Å². The fourth-order valence-electron chi connectivity index (χ4n) is 1.81. The third-order valence-corrected chi connectivity index (χ3v) is 7.02. The molecule has 1 aromatic rings. The lowest BCUT2D eigenvalue weighted by atomic mass is 10.3. The number of aromatic nitrogens is 1. The molecule has 1 unspecified atom stereocenters. The van der Waals surface area contributed by atoms with Gasteiger partial charge in [-0.15, -0.1) is 0 Å². The van der Waals surface area contributed by atoms with E-state index in [1.165, 1.54) is 0 Å². The molecule has 0 spiro atoms. The fraction of sp³-hybridized carbons (Fsp3) is 0.583. The summed E-state index contributed by atoms with van der Waals surface area (Å²) >= 11 is 3.71. The molecule has 112 valence electrons. The zero-order chi connectivity index (χ0) is 14.4. The van der Waals surface area contributed by atoms with E-state index in [0.717, 1.165) is 22.8 Å². The van der Waals surface area contributed by atoms with E-state index in [1.807, 2.05) is 30.6 Å². The number of nitrogens with zero attached hydrogens (tertiary/aromatic N) is 1. The summed E-state index contributed by atoms with van der Waals surface area (Å²) < 4.78 is 26.9. The highest BCUT2D eigenvalue weighted by atomic mass is 32.2. The van der Waals surface area contributed by atoms with Crippen LogP contribution < -0.4 is 10.0 Å². The van der Waals surface area contributed by atoms with Gasteiger partial charge in [-0.2, -0.15) is 23.5 Å². The molecule has 2 N–H and O–H groups in total. The van der Waals surface area contributed by atoms with Crippen LogP contribution in [0.5, 0.6) is 0 Å². The number of nitrogens with one attached hydrogen (secondary N) is 2. The lowest BCUT2D eigenvalue weighted by Gasteiger charge is -2.20. The van der Waals surface area contributed by atoms with Crippen LogP contribution in [0.15, 0.2) is 23.4 Å². The van der Waals surface area contributed by atoms with Gasteiger partial charge in [-0.1, -0.05) is 6.07 Å². The minimum Gasteiger partial charge on any atom is -0.316 e. The number of thioether (sulfide) groups is 2. The van der Waals surface area contributed by atoms with Crippen LogP contribution in [-0.2, 0) is 16.6 Å². The van der Waals surface area contributed by atoms with E-state index in [4.69, 9.17) is 0 Å². The molecule has 1 aromatic heterocycles. The maximum atomic E-state index is 12.1. The second kappa shape index (κ2) is 7.65. The van der Waals surface area contributed by atoms with E-state index >= 15 is 0 Å². The molecule has 2 heterocycles. The van der Waals surface area contributed by atoms with Gasteiger partial charge in [0.15, 0.2) is 5.03 Å². The van der Waals surface area contributed by atoms with Crippen LogP contribution in [0.25, 0.3) is 0 Å². The Kier molecular flexibility index (Phi) is 6.16. The monoisotopic (exact) mass is 333 g/mol. The van der Waals surface area contributed by atoms with Gasteiger partial charge in [0, 0.05) is 41.8 Å². The van der Waals surface area contributed by atoms with Crippen molar-refractivity contribution >= 4 is 33.5 Å². The molecule has 5 nitrogen and oxygen atoms in total. The average molecular weight is 334 g/mol. The Morgan fingerprint density at radius 3 is 2.85 bits per heavy atom. The van der Waals surface area contributed by atoms with Crippen LogP contribution in [-0.4, -0.2) is 49.5 Å². The van der Waals surface area contributed by atoms with Crippen molar-refractivity contribution in [3.05, 3.63) is 23.9 Å². The second-order valence-corrected chi connectivity index (χ2v) is 8.73. The van der Waals surface area contributed by atoms with E-state index in [2.05, 4.69) is 15.0 Å². The van der Waals surface area contributed by atoms with Gasteiger partial charge < -0.3 is 5.32 Å². The Balaban J connectivity index is 1.94. The molecule has 2 rings (SSSR count). The van der Waals surface area contributed by atoms with Crippen molar-refractivity contribution in [2.24, 2.45) is 0 Å². The highest BCUT2D eigenvalue weighted by Gasteiger charge is 2.20. The van der Waals surface area contributed by atoms with Crippen LogP contribution in [0, 0.1) is 0 Å². The summed E-state index contributed by atoms with van der Waals surface area (Å²) in [4.78, 5) is 4.03. The Bertz CT molecular complexity index is 513. The zero-order valence-corrected chi connectivity index (χ0v) is 13.8. The van der Waals surface area contributed by atoms with Crippen molar-refractivity contribution in [1.29, 1.82) is 0 Å². The Hall–Kier alpha value is -0.280. The van der Waals surface area contributed by atoms with Crippen molar-refractivity contribution in [2.45, 2.75) is 16.8 Å². The van der Waals surface area contributed by atoms with Gasteiger partial charge in [0.05, 0.1) is 0 Å². The van der Waals surface area contributed by atoms with E-state index in [1.54, 1.807) is 18.3 Å². The molecule has 0 aromatic carbocycles. The first kappa shape index (κ1) is 16.1. The van der Waals surface area contributed by atoms with Gasteiger partial charge in [0.1, 0.15) is 0 Å². The minimum absolute atomic E-state index is 0.0887. The quantitative estimate of drug-likeness (QED) is 0.807. The smallest absolute Gasteiger partial charge is 0.258 e. The number of pyridine rings is 1. The Morgan fingerprint density at radius 2 is 2.25 bits per heavy atom. The first-order valence-corrected chi connectivity index (χ1v) is 10.1. The molecule has 0 amide bonds. The second-order valence-electron chi connectivity index (χ2n) is 4.45. The molecule has 1 saturated heterocycles. The summed E-state index contributed by atoms with van der Waals surface area (Å²) in [5.41, 5.74) is 0.964. The summed E-state index contributed by atoms with van der Waals surface area (Å²) in [6.45, 7) is 1.15. The van der Waals surface area contributed by atoms with Gasteiger partial charge in [0.2, 0.25) is 0 Å². The van der Waals surface area contributed by atoms with E-state index in [9.17, 15) is 8.42 Å². The van der Waals surface area contributed by atoms with E-state index in [-0.39, 0.29) is 5.03 Å². The Labute approximate surface area is 128 Å². The third-order valence-electron chi connectivity index (χ3n) is 2.84. The largest absolute Gasteiger partial charge is 0.316 e. The predicted octanol–water partition coefficient (Wildman–Crippen LogP) is 0.928. The van der Waals surface area contributed by atoms with Gasteiger partial charge in [0.25, 0.3) is 10.0 Å². The molecule has 0 radical (unpaired) electrons. The van der Waals surface area contributed by atoms with Crippen molar-refractivity contribution in [1.82, 2.24) is 15.0 Å². The number of sulfonamides is 1. The first-order chi connectivity index (χ1) is 9.62. The van der Waals surface area contributed by atoms with Gasteiger partial charge in [-0.25, -0.2) is 18.1 Å². The number of hydrogen-bond acceptors (Lipinski definition) is 6. The predicted molar refractivity (Wildman–Crippen MR) is 85.8 cm³/mol. The normalized spacial score (nSPS) is 19.9. The van der Waals surface area contributed by atoms with Gasteiger partial charge >= 0.3 is 0 Å². The molecule has 0 bridgehead atoms. The van der Waals surface area contributed by atoms with Gasteiger partial charge in [-0.05, 0) is 18.7 Å². The van der Waals surface area contributed by atoms with Crippen LogP contribution in [0.3, 0.4) is 0 Å². The van der Waals surface area contributed by atoms with Crippen molar-refractivity contribution in [2.75, 3.05) is 30.9 Å². The number of hydrogen-bond donors (Lipinski definition) is 2. The van der Waals surface area contributed by atoms with Crippen LogP contribution >= 0.6 is 23.5 Å². The molecule has 1 atom stereocenters. The molecular formula is C12H19N3O2S3.